The van der Waals surface area contributed by atoms with Crippen molar-refractivity contribution in [3.05, 3.63) is 59.7 Å². The largest absolute Gasteiger partial charge is 0.485 e. The van der Waals surface area contributed by atoms with E-state index in [1.54, 1.807) is 0 Å². The van der Waals surface area contributed by atoms with Gasteiger partial charge in [-0.25, -0.2) is 4.79 Å². The number of hydrogen-bond donors (Lipinski definition) is 2. The van der Waals surface area contributed by atoms with Crippen molar-refractivity contribution < 1.29 is 24.1 Å². The molecule has 0 radical (unpaired) electrons. The zero-order valence-corrected chi connectivity index (χ0v) is 15.6. The first-order valence-electron chi connectivity index (χ1n) is 9.03. The predicted octanol–water partition coefficient (Wildman–Crippen LogP) is 2.25. The molecule has 0 saturated heterocycles. The molecule has 0 aliphatic carbocycles. The fourth-order valence-corrected chi connectivity index (χ4v) is 3.02. The fourth-order valence-electron chi connectivity index (χ4n) is 3.02. The number of hydrogen-bond acceptors (Lipinski definition) is 6. The highest BCUT2D eigenvalue weighted by Crippen LogP contribution is 2.33. The van der Waals surface area contributed by atoms with Crippen molar-refractivity contribution in [2.75, 3.05) is 20.3 Å². The molecule has 144 valence electrons. The number of esters is 1. The molecule has 3 rings (SSSR count). The second-order valence-corrected chi connectivity index (χ2v) is 6.66. The Balaban J connectivity index is 1.53. The first-order chi connectivity index (χ1) is 13.1. The molecule has 2 unspecified atom stereocenters. The molecule has 2 aromatic rings. The maximum atomic E-state index is 11.6. The van der Waals surface area contributed by atoms with Gasteiger partial charge in [-0.3, -0.25) is 0 Å². The van der Waals surface area contributed by atoms with Crippen molar-refractivity contribution >= 4 is 5.97 Å². The van der Waals surface area contributed by atoms with E-state index in [0.717, 1.165) is 17.5 Å². The first kappa shape index (κ1) is 19.2. The zero-order valence-electron chi connectivity index (χ0n) is 15.6. The Morgan fingerprint density at radius 1 is 1.26 bits per heavy atom. The summed E-state index contributed by atoms with van der Waals surface area (Å²) in [6.07, 6.45) is -0.490. The van der Waals surface area contributed by atoms with Gasteiger partial charge in [0.25, 0.3) is 0 Å². The minimum absolute atomic E-state index is 0.139. The van der Waals surface area contributed by atoms with Crippen molar-refractivity contribution in [2.45, 2.75) is 31.6 Å². The van der Waals surface area contributed by atoms with Crippen LogP contribution < -0.4 is 14.8 Å². The van der Waals surface area contributed by atoms with Gasteiger partial charge in [0, 0.05) is 12.6 Å². The van der Waals surface area contributed by atoms with Crippen LogP contribution in [0.1, 0.15) is 24.2 Å². The second kappa shape index (κ2) is 8.88. The molecule has 0 fully saturated rings. The Morgan fingerprint density at radius 2 is 2.04 bits per heavy atom. The quantitative estimate of drug-likeness (QED) is 0.727. The van der Waals surface area contributed by atoms with E-state index in [1.807, 2.05) is 48.5 Å². The Morgan fingerprint density at radius 3 is 2.78 bits per heavy atom. The molecule has 1 aliphatic rings. The van der Waals surface area contributed by atoms with Gasteiger partial charge in [-0.1, -0.05) is 36.4 Å². The molecule has 3 atom stereocenters. The summed E-state index contributed by atoms with van der Waals surface area (Å²) in [7, 11) is 1.33. The average molecular weight is 371 g/mol. The SMILES string of the molecule is COC(=O)C1COc2cc(CC(C)NC[C@H](O)c3ccccc3)ccc2O1. The van der Waals surface area contributed by atoms with E-state index in [9.17, 15) is 9.90 Å². The molecule has 6 nitrogen and oxygen atoms in total. The molecule has 2 N–H and O–H groups in total. The van der Waals surface area contributed by atoms with E-state index < -0.39 is 18.2 Å². The molecular weight excluding hydrogens is 346 g/mol. The molecule has 0 aromatic heterocycles. The van der Waals surface area contributed by atoms with Crippen LogP contribution in [0.5, 0.6) is 11.5 Å². The van der Waals surface area contributed by atoms with Gasteiger partial charge >= 0.3 is 5.97 Å². The lowest BCUT2D eigenvalue weighted by Gasteiger charge is -2.25. The van der Waals surface area contributed by atoms with Gasteiger partial charge in [-0.2, -0.15) is 0 Å². The van der Waals surface area contributed by atoms with E-state index in [4.69, 9.17) is 9.47 Å². The van der Waals surface area contributed by atoms with Crippen LogP contribution in [0.2, 0.25) is 0 Å². The Bertz CT molecular complexity index is 764. The number of rotatable bonds is 7. The number of aliphatic hydroxyl groups is 1. The van der Waals surface area contributed by atoms with Crippen molar-refractivity contribution in [2.24, 2.45) is 0 Å². The summed E-state index contributed by atoms with van der Waals surface area (Å²) >= 11 is 0. The number of carbonyl (C=O) groups excluding carboxylic acids is 1. The number of benzene rings is 2. The topological polar surface area (TPSA) is 77.0 Å². The molecule has 0 spiro atoms. The van der Waals surface area contributed by atoms with Crippen LogP contribution in [-0.4, -0.2) is 43.5 Å². The van der Waals surface area contributed by atoms with Gasteiger partial charge in [0.2, 0.25) is 6.10 Å². The Hall–Kier alpha value is -2.57. The monoisotopic (exact) mass is 371 g/mol. The lowest BCUT2D eigenvalue weighted by atomic mass is 10.0. The molecule has 0 bridgehead atoms. The number of ether oxygens (including phenoxy) is 3. The van der Waals surface area contributed by atoms with Crippen molar-refractivity contribution in [1.29, 1.82) is 0 Å². The van der Waals surface area contributed by atoms with E-state index in [-0.39, 0.29) is 12.6 Å². The number of fused-ring (bicyclic) bond motifs is 1. The van der Waals surface area contributed by atoms with Crippen LogP contribution in [0.4, 0.5) is 0 Å². The minimum atomic E-state index is -0.728. The lowest BCUT2D eigenvalue weighted by molar-refractivity contribution is -0.151. The van der Waals surface area contributed by atoms with Crippen LogP contribution >= 0.6 is 0 Å². The molecule has 0 saturated carbocycles. The average Bonchev–Trinajstić information content (AvgIpc) is 2.71. The van der Waals surface area contributed by atoms with Crippen LogP contribution in [0, 0.1) is 0 Å². The van der Waals surface area contributed by atoms with E-state index in [2.05, 4.69) is 17.0 Å². The standard InChI is InChI=1S/C21H25NO5/c1-14(22-12-17(23)16-6-4-3-5-7-16)10-15-8-9-18-19(11-15)26-13-20(27-18)21(24)25-2/h3-9,11,14,17,20,22-23H,10,12-13H2,1-2H3/t14?,17-,20?/m0/s1. The van der Waals surface area contributed by atoms with E-state index in [0.29, 0.717) is 18.0 Å². The summed E-state index contributed by atoms with van der Waals surface area (Å²) in [5.74, 6) is 0.726. The van der Waals surface area contributed by atoms with Gasteiger partial charge < -0.3 is 24.6 Å². The number of nitrogens with one attached hydrogen (secondary N) is 1. The Kier molecular flexibility index (Phi) is 6.32. The number of aliphatic hydroxyl groups excluding tert-OH is 1. The molecule has 2 aromatic carbocycles. The lowest BCUT2D eigenvalue weighted by Crippen LogP contribution is -2.37. The summed E-state index contributed by atoms with van der Waals surface area (Å²) in [6, 6.07) is 15.5. The van der Waals surface area contributed by atoms with E-state index in [1.165, 1.54) is 7.11 Å². The highest BCUT2D eigenvalue weighted by atomic mass is 16.6. The highest BCUT2D eigenvalue weighted by molar-refractivity contribution is 5.75. The molecule has 1 aliphatic heterocycles. The summed E-state index contributed by atoms with van der Waals surface area (Å²) < 4.78 is 16.0. The van der Waals surface area contributed by atoms with Crippen molar-refractivity contribution in [1.82, 2.24) is 5.32 Å². The van der Waals surface area contributed by atoms with Crippen molar-refractivity contribution in [3.8, 4) is 11.5 Å². The second-order valence-electron chi connectivity index (χ2n) is 6.66. The molecule has 0 amide bonds. The third-order valence-electron chi connectivity index (χ3n) is 4.52. The van der Waals surface area contributed by atoms with Crippen LogP contribution in [0.25, 0.3) is 0 Å². The number of methoxy groups -OCH3 is 1. The normalized spacial score (nSPS) is 17.8. The van der Waals surface area contributed by atoms with Gasteiger partial charge in [0.05, 0.1) is 13.2 Å². The van der Waals surface area contributed by atoms with Crippen molar-refractivity contribution in [3.63, 3.8) is 0 Å². The fraction of sp³-hybridized carbons (Fsp3) is 0.381. The van der Waals surface area contributed by atoms with E-state index >= 15 is 0 Å². The third-order valence-corrected chi connectivity index (χ3v) is 4.52. The predicted molar refractivity (Wildman–Crippen MR) is 101 cm³/mol. The maximum Gasteiger partial charge on any atom is 0.350 e. The van der Waals surface area contributed by atoms with Gasteiger partial charge in [-0.05, 0) is 36.6 Å². The minimum Gasteiger partial charge on any atom is -0.485 e. The van der Waals surface area contributed by atoms with Crippen LogP contribution in [0.3, 0.4) is 0 Å². The Labute approximate surface area is 159 Å². The number of carbonyl (C=O) groups is 1. The summed E-state index contributed by atoms with van der Waals surface area (Å²) in [6.45, 7) is 2.69. The zero-order chi connectivity index (χ0) is 19.2. The maximum absolute atomic E-state index is 11.6. The van der Waals surface area contributed by atoms with Gasteiger partial charge in [-0.15, -0.1) is 0 Å². The molecule has 1 heterocycles. The summed E-state index contributed by atoms with van der Waals surface area (Å²) in [4.78, 5) is 11.6. The molecule has 6 heteroatoms. The third kappa shape index (κ3) is 4.99. The summed E-state index contributed by atoms with van der Waals surface area (Å²) in [5.41, 5.74) is 1.99. The van der Waals surface area contributed by atoms with Gasteiger partial charge in [0.1, 0.15) is 6.61 Å². The van der Waals surface area contributed by atoms with Gasteiger partial charge in [0.15, 0.2) is 11.5 Å². The smallest absolute Gasteiger partial charge is 0.350 e. The summed E-state index contributed by atoms with van der Waals surface area (Å²) in [5, 5.41) is 13.6. The van der Waals surface area contributed by atoms with Crippen LogP contribution in [0.15, 0.2) is 48.5 Å². The molecule has 27 heavy (non-hydrogen) atoms. The highest BCUT2D eigenvalue weighted by Gasteiger charge is 2.28. The first-order valence-corrected chi connectivity index (χ1v) is 9.03. The molecular formula is C21H25NO5. The van der Waals surface area contributed by atoms with Crippen LogP contribution in [-0.2, 0) is 16.0 Å².